The van der Waals surface area contributed by atoms with Gasteiger partial charge in [0.1, 0.15) is 0 Å². The number of benzene rings is 1. The molecule has 1 saturated carbocycles. The molecule has 0 unspecified atom stereocenters. The minimum atomic E-state index is -0.191. The molecule has 1 saturated heterocycles. The normalized spacial score (nSPS) is 26.4. The molecule has 2 amide bonds. The van der Waals surface area contributed by atoms with Gasteiger partial charge < -0.3 is 15.3 Å². The number of likely N-dealkylation sites (tertiary alicyclic amines) is 1. The van der Waals surface area contributed by atoms with Crippen molar-refractivity contribution in [1.29, 1.82) is 0 Å². The summed E-state index contributed by atoms with van der Waals surface area (Å²) in [7, 11) is 0. The molecular weight excluding hydrogens is 304 g/mol. The zero-order chi connectivity index (χ0) is 17.1. The number of rotatable bonds is 6. The summed E-state index contributed by atoms with van der Waals surface area (Å²) < 4.78 is 0. The summed E-state index contributed by atoms with van der Waals surface area (Å²) in [6.45, 7) is 2.22. The summed E-state index contributed by atoms with van der Waals surface area (Å²) in [6, 6.07) is 9.71. The van der Waals surface area contributed by atoms with E-state index in [4.69, 9.17) is 0 Å². The van der Waals surface area contributed by atoms with Crippen LogP contribution in [0.25, 0.3) is 0 Å². The number of hydrogen-bond acceptors (Lipinski definition) is 3. The first-order chi connectivity index (χ1) is 11.7. The van der Waals surface area contributed by atoms with Crippen molar-refractivity contribution in [3.05, 3.63) is 35.9 Å². The first kappa shape index (κ1) is 17.0. The Balaban J connectivity index is 1.80. The highest BCUT2D eigenvalue weighted by molar-refractivity contribution is 5.82. The van der Waals surface area contributed by atoms with E-state index in [1.165, 1.54) is 0 Å². The lowest BCUT2D eigenvalue weighted by Crippen LogP contribution is -2.69. The van der Waals surface area contributed by atoms with Crippen molar-refractivity contribution in [3.63, 3.8) is 0 Å². The molecule has 1 heterocycles. The summed E-state index contributed by atoms with van der Waals surface area (Å²) in [5, 5.41) is 12.8. The summed E-state index contributed by atoms with van der Waals surface area (Å²) in [6.07, 6.45) is 3.42. The maximum atomic E-state index is 12.8. The van der Waals surface area contributed by atoms with Crippen molar-refractivity contribution < 1.29 is 14.7 Å². The average Bonchev–Trinajstić information content (AvgIpc) is 2.53. The molecule has 24 heavy (non-hydrogen) atoms. The Morgan fingerprint density at radius 1 is 1.21 bits per heavy atom. The Morgan fingerprint density at radius 3 is 2.46 bits per heavy atom. The fourth-order valence-electron chi connectivity index (χ4n) is 3.83. The standard InChI is InChI=1S/C19H26N2O3/c1-2-17(23)20-11-15-18(13-7-4-3-5-8-13)16(12-22)21(15)19(24)14-9-6-10-14/h3-5,7-8,14-16,18,22H,2,6,9-12H2,1H3,(H,20,23)/t15-,16-,18+/m1/s1. The van der Waals surface area contributed by atoms with Gasteiger partial charge in [0.25, 0.3) is 0 Å². The van der Waals surface area contributed by atoms with Crippen LogP contribution in [0.4, 0.5) is 0 Å². The van der Waals surface area contributed by atoms with Crippen molar-refractivity contribution in [1.82, 2.24) is 10.2 Å². The fourth-order valence-corrected chi connectivity index (χ4v) is 3.83. The van der Waals surface area contributed by atoms with Crippen molar-refractivity contribution >= 4 is 11.8 Å². The number of amides is 2. The molecule has 5 nitrogen and oxygen atoms in total. The Kier molecular flexibility index (Phi) is 5.19. The molecule has 1 aliphatic heterocycles. The van der Waals surface area contributed by atoms with Crippen LogP contribution in [0.15, 0.2) is 30.3 Å². The van der Waals surface area contributed by atoms with Gasteiger partial charge in [-0.1, -0.05) is 43.7 Å². The summed E-state index contributed by atoms with van der Waals surface area (Å²) in [4.78, 5) is 26.3. The maximum absolute atomic E-state index is 12.8. The second-order valence-electron chi connectivity index (χ2n) is 6.78. The van der Waals surface area contributed by atoms with Crippen molar-refractivity contribution in [2.24, 2.45) is 5.92 Å². The number of carbonyl (C=O) groups is 2. The van der Waals surface area contributed by atoms with Crippen molar-refractivity contribution in [2.75, 3.05) is 13.2 Å². The molecule has 1 aromatic rings. The van der Waals surface area contributed by atoms with Gasteiger partial charge in [0, 0.05) is 24.8 Å². The van der Waals surface area contributed by atoms with Gasteiger partial charge in [0.05, 0.1) is 18.7 Å². The minimum absolute atomic E-state index is 0.00898. The molecule has 0 bridgehead atoms. The monoisotopic (exact) mass is 330 g/mol. The highest BCUT2D eigenvalue weighted by Gasteiger charge is 2.52. The molecule has 5 heteroatoms. The predicted octanol–water partition coefficient (Wildman–Crippen LogP) is 1.67. The number of aliphatic hydroxyl groups is 1. The smallest absolute Gasteiger partial charge is 0.226 e. The van der Waals surface area contributed by atoms with E-state index in [1.807, 2.05) is 42.2 Å². The van der Waals surface area contributed by atoms with E-state index >= 15 is 0 Å². The summed E-state index contributed by atoms with van der Waals surface area (Å²) in [5.41, 5.74) is 1.12. The van der Waals surface area contributed by atoms with Crippen molar-refractivity contribution in [2.45, 2.75) is 50.6 Å². The molecule has 1 aliphatic carbocycles. The van der Waals surface area contributed by atoms with E-state index < -0.39 is 0 Å². The van der Waals surface area contributed by atoms with Crippen LogP contribution in [-0.2, 0) is 9.59 Å². The van der Waals surface area contributed by atoms with E-state index in [0.29, 0.717) is 13.0 Å². The zero-order valence-electron chi connectivity index (χ0n) is 14.1. The van der Waals surface area contributed by atoms with Crippen LogP contribution in [0, 0.1) is 5.92 Å². The van der Waals surface area contributed by atoms with E-state index in [0.717, 1.165) is 24.8 Å². The molecule has 0 spiro atoms. The summed E-state index contributed by atoms with van der Waals surface area (Å²) >= 11 is 0. The largest absolute Gasteiger partial charge is 0.394 e. The third-order valence-corrected chi connectivity index (χ3v) is 5.45. The Morgan fingerprint density at radius 2 is 1.92 bits per heavy atom. The number of nitrogens with zero attached hydrogens (tertiary/aromatic N) is 1. The Labute approximate surface area is 143 Å². The second-order valence-corrected chi connectivity index (χ2v) is 6.78. The minimum Gasteiger partial charge on any atom is -0.394 e. The van der Waals surface area contributed by atoms with Crippen LogP contribution in [-0.4, -0.2) is 47.1 Å². The topological polar surface area (TPSA) is 69.6 Å². The van der Waals surface area contributed by atoms with Gasteiger partial charge in [0.2, 0.25) is 11.8 Å². The number of hydrogen-bond donors (Lipinski definition) is 2. The number of carbonyl (C=O) groups excluding carboxylic acids is 2. The van der Waals surface area contributed by atoms with Gasteiger partial charge in [-0.25, -0.2) is 0 Å². The molecule has 2 N–H and O–H groups in total. The number of aliphatic hydroxyl groups excluding tert-OH is 1. The Bertz CT molecular complexity index is 586. The predicted molar refractivity (Wildman–Crippen MR) is 91.3 cm³/mol. The highest BCUT2D eigenvalue weighted by Crippen LogP contribution is 2.43. The first-order valence-corrected chi connectivity index (χ1v) is 8.92. The van der Waals surface area contributed by atoms with Crippen LogP contribution in [0.5, 0.6) is 0 Å². The van der Waals surface area contributed by atoms with Crippen molar-refractivity contribution in [3.8, 4) is 0 Å². The van der Waals surface area contributed by atoms with Gasteiger partial charge in [-0.2, -0.15) is 0 Å². The molecule has 3 rings (SSSR count). The van der Waals surface area contributed by atoms with Gasteiger partial charge in [0.15, 0.2) is 0 Å². The molecule has 0 radical (unpaired) electrons. The van der Waals surface area contributed by atoms with Gasteiger partial charge >= 0.3 is 0 Å². The third kappa shape index (κ3) is 3.05. The second kappa shape index (κ2) is 7.34. The van der Waals surface area contributed by atoms with Gasteiger partial charge in [-0.15, -0.1) is 0 Å². The fraction of sp³-hybridized carbons (Fsp3) is 0.579. The van der Waals surface area contributed by atoms with Crippen LogP contribution in [0.2, 0.25) is 0 Å². The lowest BCUT2D eigenvalue weighted by atomic mass is 9.72. The Hall–Kier alpha value is -1.88. The van der Waals surface area contributed by atoms with Gasteiger partial charge in [-0.05, 0) is 18.4 Å². The molecule has 2 aliphatic rings. The van der Waals surface area contributed by atoms with E-state index in [1.54, 1.807) is 0 Å². The highest BCUT2D eigenvalue weighted by atomic mass is 16.3. The van der Waals surface area contributed by atoms with Crippen LogP contribution in [0.3, 0.4) is 0 Å². The van der Waals surface area contributed by atoms with Crippen LogP contribution in [0.1, 0.15) is 44.1 Å². The van der Waals surface area contributed by atoms with E-state index in [9.17, 15) is 14.7 Å². The lowest BCUT2D eigenvalue weighted by molar-refractivity contribution is -0.158. The van der Waals surface area contributed by atoms with Crippen LogP contribution >= 0.6 is 0 Å². The first-order valence-electron chi connectivity index (χ1n) is 8.92. The molecule has 130 valence electrons. The van der Waals surface area contributed by atoms with E-state index in [2.05, 4.69) is 5.32 Å². The van der Waals surface area contributed by atoms with Crippen LogP contribution < -0.4 is 5.32 Å². The zero-order valence-corrected chi connectivity index (χ0v) is 14.1. The summed E-state index contributed by atoms with van der Waals surface area (Å²) in [5.74, 6) is 0.297. The SMILES string of the molecule is CCC(=O)NC[C@@H]1[C@H](c2ccccc2)[C@@H](CO)N1C(=O)C1CCC1. The van der Waals surface area contributed by atoms with Gasteiger partial charge in [-0.3, -0.25) is 9.59 Å². The molecule has 3 atom stereocenters. The number of nitrogens with one attached hydrogen (secondary N) is 1. The molecular formula is C19H26N2O3. The lowest BCUT2D eigenvalue weighted by Gasteiger charge is -2.56. The quantitative estimate of drug-likeness (QED) is 0.833. The maximum Gasteiger partial charge on any atom is 0.226 e. The average molecular weight is 330 g/mol. The molecule has 0 aromatic heterocycles. The third-order valence-electron chi connectivity index (χ3n) is 5.45. The molecule has 1 aromatic carbocycles. The van der Waals surface area contributed by atoms with E-state index in [-0.39, 0.29) is 42.3 Å². The molecule has 2 fully saturated rings.